The fourth-order valence-corrected chi connectivity index (χ4v) is 1.81. The third-order valence-corrected chi connectivity index (χ3v) is 2.88. The molecule has 3 nitrogen and oxygen atoms in total. The zero-order valence-corrected chi connectivity index (χ0v) is 10.8. The minimum absolute atomic E-state index is 0.0888. The molecule has 0 spiro atoms. The number of anilines is 2. The molecule has 0 heterocycles. The van der Waals surface area contributed by atoms with E-state index in [2.05, 4.69) is 5.32 Å². The molecule has 2 aromatic carbocycles. The van der Waals surface area contributed by atoms with Crippen molar-refractivity contribution in [3.05, 3.63) is 58.9 Å². The summed E-state index contributed by atoms with van der Waals surface area (Å²) in [6.45, 7) is 3.74. The summed E-state index contributed by atoms with van der Waals surface area (Å²) in [5, 5.41) is 2.54. The SMILES string of the molecule is Cc1ccc(C)c(C(=O)Nc2cc(N)ccc2F)c1. The maximum atomic E-state index is 13.6. The van der Waals surface area contributed by atoms with E-state index in [-0.39, 0.29) is 11.6 Å². The minimum Gasteiger partial charge on any atom is -0.399 e. The predicted octanol–water partition coefficient (Wildman–Crippen LogP) is 3.28. The smallest absolute Gasteiger partial charge is 0.256 e. The molecule has 1 amide bonds. The number of aryl methyl sites for hydroxylation is 2. The summed E-state index contributed by atoms with van der Waals surface area (Å²) in [6, 6.07) is 9.64. The van der Waals surface area contributed by atoms with Gasteiger partial charge in [0.25, 0.3) is 5.91 Å². The molecule has 2 aromatic rings. The number of nitrogens with one attached hydrogen (secondary N) is 1. The molecule has 2 rings (SSSR count). The van der Waals surface area contributed by atoms with Gasteiger partial charge in [-0.05, 0) is 43.7 Å². The summed E-state index contributed by atoms with van der Waals surface area (Å²) in [5.74, 6) is -0.849. The van der Waals surface area contributed by atoms with Crippen molar-refractivity contribution in [1.82, 2.24) is 0 Å². The molecule has 0 radical (unpaired) electrons. The maximum absolute atomic E-state index is 13.6. The van der Waals surface area contributed by atoms with Gasteiger partial charge in [-0.2, -0.15) is 0 Å². The lowest BCUT2D eigenvalue weighted by Crippen LogP contribution is -2.14. The quantitative estimate of drug-likeness (QED) is 0.812. The summed E-state index contributed by atoms with van der Waals surface area (Å²) in [5.41, 5.74) is 8.41. The normalized spacial score (nSPS) is 10.3. The van der Waals surface area contributed by atoms with E-state index >= 15 is 0 Å². The first kappa shape index (κ1) is 13.1. The van der Waals surface area contributed by atoms with Gasteiger partial charge < -0.3 is 11.1 Å². The van der Waals surface area contributed by atoms with E-state index in [9.17, 15) is 9.18 Å². The highest BCUT2D eigenvalue weighted by Gasteiger charge is 2.12. The van der Waals surface area contributed by atoms with Crippen LogP contribution in [-0.4, -0.2) is 5.91 Å². The summed E-state index contributed by atoms with van der Waals surface area (Å²) in [4.78, 5) is 12.1. The average Bonchev–Trinajstić information content (AvgIpc) is 2.36. The summed E-state index contributed by atoms with van der Waals surface area (Å²) in [7, 11) is 0. The Hall–Kier alpha value is -2.36. The van der Waals surface area contributed by atoms with Crippen LogP contribution in [0.15, 0.2) is 36.4 Å². The number of amides is 1. The van der Waals surface area contributed by atoms with E-state index in [4.69, 9.17) is 5.73 Å². The van der Waals surface area contributed by atoms with Crippen LogP contribution in [0.3, 0.4) is 0 Å². The molecule has 0 saturated carbocycles. The molecule has 0 aromatic heterocycles. The predicted molar refractivity (Wildman–Crippen MR) is 74.7 cm³/mol. The first-order chi connectivity index (χ1) is 8.97. The van der Waals surface area contributed by atoms with Crippen LogP contribution in [0, 0.1) is 19.7 Å². The van der Waals surface area contributed by atoms with Gasteiger partial charge in [-0.1, -0.05) is 17.7 Å². The lowest BCUT2D eigenvalue weighted by atomic mass is 10.0. The first-order valence-electron chi connectivity index (χ1n) is 5.91. The van der Waals surface area contributed by atoms with Crippen molar-refractivity contribution in [2.75, 3.05) is 11.1 Å². The van der Waals surface area contributed by atoms with Crippen molar-refractivity contribution in [2.45, 2.75) is 13.8 Å². The van der Waals surface area contributed by atoms with Gasteiger partial charge in [0, 0.05) is 11.3 Å². The van der Waals surface area contributed by atoms with Crippen LogP contribution in [0.5, 0.6) is 0 Å². The second-order valence-corrected chi connectivity index (χ2v) is 4.51. The fourth-order valence-electron chi connectivity index (χ4n) is 1.81. The van der Waals surface area contributed by atoms with E-state index < -0.39 is 5.82 Å². The fraction of sp³-hybridized carbons (Fsp3) is 0.133. The number of hydrogen-bond donors (Lipinski definition) is 2. The van der Waals surface area contributed by atoms with E-state index in [1.165, 1.54) is 18.2 Å². The molecule has 0 aliphatic heterocycles. The van der Waals surface area contributed by atoms with Crippen molar-refractivity contribution in [3.63, 3.8) is 0 Å². The molecular weight excluding hydrogens is 243 g/mol. The lowest BCUT2D eigenvalue weighted by Gasteiger charge is -2.10. The Labute approximate surface area is 111 Å². The number of benzene rings is 2. The van der Waals surface area contributed by atoms with Gasteiger partial charge in [0.2, 0.25) is 0 Å². The zero-order valence-electron chi connectivity index (χ0n) is 10.8. The van der Waals surface area contributed by atoms with E-state index in [1.54, 1.807) is 6.07 Å². The molecule has 0 saturated heterocycles. The molecule has 0 aliphatic rings. The molecule has 0 unspecified atom stereocenters. The molecule has 3 N–H and O–H groups in total. The second-order valence-electron chi connectivity index (χ2n) is 4.51. The highest BCUT2D eigenvalue weighted by Crippen LogP contribution is 2.19. The Bertz CT molecular complexity index is 638. The number of hydrogen-bond acceptors (Lipinski definition) is 2. The number of nitrogens with two attached hydrogens (primary N) is 1. The van der Waals surface area contributed by atoms with Crippen LogP contribution < -0.4 is 11.1 Å². The van der Waals surface area contributed by atoms with Crippen LogP contribution >= 0.6 is 0 Å². The molecule has 4 heteroatoms. The molecule has 0 fully saturated rings. The van der Waals surface area contributed by atoms with Gasteiger partial charge in [0.15, 0.2) is 0 Å². The Morgan fingerprint density at radius 2 is 1.89 bits per heavy atom. The van der Waals surface area contributed by atoms with Crippen LogP contribution in [0.4, 0.5) is 15.8 Å². The number of halogens is 1. The number of carbonyl (C=O) groups is 1. The second kappa shape index (κ2) is 5.10. The van der Waals surface area contributed by atoms with Gasteiger partial charge in [-0.25, -0.2) is 4.39 Å². The van der Waals surface area contributed by atoms with Crippen molar-refractivity contribution in [2.24, 2.45) is 0 Å². The highest BCUT2D eigenvalue weighted by atomic mass is 19.1. The molecule has 19 heavy (non-hydrogen) atoms. The largest absolute Gasteiger partial charge is 0.399 e. The molecular formula is C15H15FN2O. The Morgan fingerprint density at radius 1 is 1.16 bits per heavy atom. The Kier molecular flexibility index (Phi) is 3.51. The summed E-state index contributed by atoms with van der Waals surface area (Å²) < 4.78 is 13.6. The van der Waals surface area contributed by atoms with Crippen LogP contribution in [0.25, 0.3) is 0 Å². The minimum atomic E-state index is -0.507. The van der Waals surface area contributed by atoms with Crippen LogP contribution in [0.2, 0.25) is 0 Å². The summed E-state index contributed by atoms with van der Waals surface area (Å²) in [6.07, 6.45) is 0. The molecule has 0 bridgehead atoms. The third kappa shape index (κ3) is 2.91. The van der Waals surface area contributed by atoms with Gasteiger partial charge in [-0.3, -0.25) is 4.79 Å². The van der Waals surface area contributed by atoms with Crippen molar-refractivity contribution in [3.8, 4) is 0 Å². The number of nitrogen functional groups attached to an aromatic ring is 1. The highest BCUT2D eigenvalue weighted by molar-refractivity contribution is 6.05. The van der Waals surface area contributed by atoms with E-state index in [0.717, 1.165) is 11.1 Å². The Balaban J connectivity index is 2.30. The molecule has 0 atom stereocenters. The summed E-state index contributed by atoms with van der Waals surface area (Å²) >= 11 is 0. The number of carbonyl (C=O) groups excluding carboxylic acids is 1. The third-order valence-electron chi connectivity index (χ3n) is 2.88. The standard InChI is InChI=1S/C15H15FN2O/c1-9-3-4-10(2)12(7-9)15(19)18-14-8-11(17)5-6-13(14)16/h3-8H,17H2,1-2H3,(H,18,19). The number of rotatable bonds is 2. The van der Waals surface area contributed by atoms with Gasteiger partial charge in [0.1, 0.15) is 5.82 Å². The molecule has 98 valence electrons. The lowest BCUT2D eigenvalue weighted by molar-refractivity contribution is 0.102. The molecule has 0 aliphatic carbocycles. The maximum Gasteiger partial charge on any atom is 0.256 e. The van der Waals surface area contributed by atoms with Crippen molar-refractivity contribution in [1.29, 1.82) is 0 Å². The van der Waals surface area contributed by atoms with E-state index in [0.29, 0.717) is 11.3 Å². The van der Waals surface area contributed by atoms with Crippen LogP contribution in [0.1, 0.15) is 21.5 Å². The zero-order chi connectivity index (χ0) is 14.0. The Morgan fingerprint density at radius 3 is 2.63 bits per heavy atom. The van der Waals surface area contributed by atoms with Gasteiger partial charge in [0.05, 0.1) is 5.69 Å². The topological polar surface area (TPSA) is 55.1 Å². The van der Waals surface area contributed by atoms with Gasteiger partial charge >= 0.3 is 0 Å². The van der Waals surface area contributed by atoms with Crippen molar-refractivity contribution < 1.29 is 9.18 Å². The van der Waals surface area contributed by atoms with E-state index in [1.807, 2.05) is 26.0 Å². The van der Waals surface area contributed by atoms with Crippen molar-refractivity contribution >= 4 is 17.3 Å². The van der Waals surface area contributed by atoms with Gasteiger partial charge in [-0.15, -0.1) is 0 Å². The first-order valence-corrected chi connectivity index (χ1v) is 5.91. The average molecular weight is 258 g/mol. The monoisotopic (exact) mass is 258 g/mol. The van der Waals surface area contributed by atoms with Crippen LogP contribution in [-0.2, 0) is 0 Å².